The van der Waals surface area contributed by atoms with Crippen molar-refractivity contribution in [3.63, 3.8) is 0 Å². The van der Waals surface area contributed by atoms with Gasteiger partial charge in [0.1, 0.15) is 0 Å². The topological polar surface area (TPSA) is 26.3 Å². The predicted molar refractivity (Wildman–Crippen MR) is 63.8 cm³/mol. The van der Waals surface area contributed by atoms with Gasteiger partial charge in [-0.2, -0.15) is 0 Å². The first-order valence-electron chi connectivity index (χ1n) is 6.15. The molecule has 1 unspecified atom stereocenters. The molecule has 0 saturated carbocycles. The van der Waals surface area contributed by atoms with Crippen LogP contribution < -0.4 is 0 Å². The fraction of sp³-hybridized carbons (Fsp3) is 0.923. The van der Waals surface area contributed by atoms with Crippen LogP contribution in [0, 0.1) is 5.41 Å². The second-order valence-electron chi connectivity index (χ2n) is 4.99. The summed E-state index contributed by atoms with van der Waals surface area (Å²) >= 11 is 0. The first-order valence-corrected chi connectivity index (χ1v) is 6.15. The molecule has 0 N–H and O–H groups in total. The highest BCUT2D eigenvalue weighted by Crippen LogP contribution is 2.25. The molecule has 0 aliphatic heterocycles. The largest absolute Gasteiger partial charge is 0.462 e. The Kier molecular flexibility index (Phi) is 6.62. The zero-order valence-corrected chi connectivity index (χ0v) is 10.9. The second-order valence-corrected chi connectivity index (χ2v) is 4.99. The van der Waals surface area contributed by atoms with Crippen molar-refractivity contribution in [2.45, 2.75) is 72.8 Å². The van der Waals surface area contributed by atoms with Gasteiger partial charge in [0, 0.05) is 0 Å². The lowest BCUT2D eigenvalue weighted by Crippen LogP contribution is -2.29. The van der Waals surface area contributed by atoms with Crippen molar-refractivity contribution in [1.82, 2.24) is 0 Å². The summed E-state index contributed by atoms with van der Waals surface area (Å²) in [6.45, 7) is 10.2. The third kappa shape index (κ3) is 5.81. The van der Waals surface area contributed by atoms with Gasteiger partial charge in [0.25, 0.3) is 0 Å². The first kappa shape index (κ1) is 14.5. The Morgan fingerprint density at radius 2 is 1.87 bits per heavy atom. The molecule has 0 bridgehead atoms. The molecule has 15 heavy (non-hydrogen) atoms. The summed E-state index contributed by atoms with van der Waals surface area (Å²) in [7, 11) is 0. The van der Waals surface area contributed by atoms with Crippen LogP contribution in [0.1, 0.15) is 66.7 Å². The molecule has 0 fully saturated rings. The quantitative estimate of drug-likeness (QED) is 0.600. The summed E-state index contributed by atoms with van der Waals surface area (Å²) in [6, 6.07) is 0. The maximum atomic E-state index is 11.8. The minimum absolute atomic E-state index is 0.0445. The van der Waals surface area contributed by atoms with E-state index in [2.05, 4.69) is 13.8 Å². The first-order chi connectivity index (χ1) is 6.94. The summed E-state index contributed by atoms with van der Waals surface area (Å²) < 4.78 is 5.41. The zero-order valence-electron chi connectivity index (χ0n) is 10.9. The maximum absolute atomic E-state index is 11.8. The third-order valence-electron chi connectivity index (χ3n) is 2.71. The molecule has 0 radical (unpaired) electrons. The van der Waals surface area contributed by atoms with Gasteiger partial charge in [-0.15, -0.1) is 0 Å². The molecule has 0 spiro atoms. The van der Waals surface area contributed by atoms with Crippen LogP contribution in [0.4, 0.5) is 0 Å². The minimum Gasteiger partial charge on any atom is -0.462 e. The highest BCUT2D eigenvalue weighted by molar-refractivity contribution is 5.76. The Morgan fingerprint density at radius 3 is 2.33 bits per heavy atom. The van der Waals surface area contributed by atoms with E-state index < -0.39 is 0 Å². The number of esters is 1. The molecule has 0 aliphatic rings. The molecule has 1 atom stereocenters. The number of carbonyl (C=O) groups excluding carboxylic acids is 1. The molecule has 0 saturated heterocycles. The summed E-state index contributed by atoms with van der Waals surface area (Å²) in [5, 5.41) is 0. The van der Waals surface area contributed by atoms with Crippen LogP contribution in [-0.4, -0.2) is 12.1 Å². The Hall–Kier alpha value is -0.530. The number of hydrogen-bond donors (Lipinski definition) is 0. The van der Waals surface area contributed by atoms with E-state index >= 15 is 0 Å². The molecule has 2 heteroatoms. The summed E-state index contributed by atoms with van der Waals surface area (Å²) in [5.74, 6) is -0.0445. The van der Waals surface area contributed by atoms with Gasteiger partial charge in [0.15, 0.2) is 0 Å². The number of ether oxygens (including phenoxy) is 1. The van der Waals surface area contributed by atoms with Gasteiger partial charge in [0.05, 0.1) is 11.5 Å². The average molecular weight is 214 g/mol. The zero-order chi connectivity index (χ0) is 11.9. The van der Waals surface area contributed by atoms with Crippen LogP contribution in [-0.2, 0) is 9.53 Å². The average Bonchev–Trinajstić information content (AvgIpc) is 2.15. The van der Waals surface area contributed by atoms with Gasteiger partial charge in [0.2, 0.25) is 0 Å². The van der Waals surface area contributed by atoms with E-state index in [1.165, 1.54) is 0 Å². The Bertz CT molecular complexity index is 185. The SMILES string of the molecule is CCCCC(C)(C)C(=O)OC(C)CCC. The Labute approximate surface area is 94.4 Å². The van der Waals surface area contributed by atoms with Gasteiger partial charge >= 0.3 is 5.97 Å². The Morgan fingerprint density at radius 1 is 1.27 bits per heavy atom. The molecule has 0 amide bonds. The molecule has 0 aliphatic carbocycles. The second kappa shape index (κ2) is 6.86. The van der Waals surface area contributed by atoms with E-state index in [1.54, 1.807) is 0 Å². The lowest BCUT2D eigenvalue weighted by atomic mass is 9.87. The fourth-order valence-corrected chi connectivity index (χ4v) is 1.53. The summed E-state index contributed by atoms with van der Waals surface area (Å²) in [4.78, 5) is 11.8. The van der Waals surface area contributed by atoms with Crippen molar-refractivity contribution in [3.05, 3.63) is 0 Å². The highest BCUT2D eigenvalue weighted by atomic mass is 16.5. The summed E-state index contributed by atoms with van der Waals surface area (Å²) in [5.41, 5.74) is -0.321. The molecular weight excluding hydrogens is 188 g/mol. The van der Waals surface area contributed by atoms with E-state index in [1.807, 2.05) is 20.8 Å². The van der Waals surface area contributed by atoms with E-state index in [0.29, 0.717) is 0 Å². The minimum atomic E-state index is -0.321. The van der Waals surface area contributed by atoms with E-state index in [-0.39, 0.29) is 17.5 Å². The predicted octanol–water partition coefficient (Wildman–Crippen LogP) is 3.93. The highest BCUT2D eigenvalue weighted by Gasteiger charge is 2.29. The third-order valence-corrected chi connectivity index (χ3v) is 2.71. The Balaban J connectivity index is 4.05. The normalized spacial score (nSPS) is 13.7. The maximum Gasteiger partial charge on any atom is 0.311 e. The lowest BCUT2D eigenvalue weighted by molar-refractivity contribution is -0.159. The molecule has 0 aromatic rings. The number of carbonyl (C=O) groups is 1. The van der Waals surface area contributed by atoms with E-state index in [9.17, 15) is 4.79 Å². The van der Waals surface area contributed by atoms with Crippen molar-refractivity contribution in [3.8, 4) is 0 Å². The standard InChI is InChI=1S/C13H26O2/c1-6-8-10-13(4,5)12(14)15-11(3)9-7-2/h11H,6-10H2,1-5H3. The molecule has 2 nitrogen and oxygen atoms in total. The van der Waals surface area contributed by atoms with Crippen molar-refractivity contribution >= 4 is 5.97 Å². The van der Waals surface area contributed by atoms with Gasteiger partial charge < -0.3 is 4.74 Å². The fourth-order valence-electron chi connectivity index (χ4n) is 1.53. The monoisotopic (exact) mass is 214 g/mol. The van der Waals surface area contributed by atoms with Crippen LogP contribution in [0.3, 0.4) is 0 Å². The number of rotatable bonds is 7. The lowest BCUT2D eigenvalue weighted by Gasteiger charge is -2.24. The van der Waals surface area contributed by atoms with Crippen LogP contribution in [0.2, 0.25) is 0 Å². The molecular formula is C13H26O2. The number of hydrogen-bond acceptors (Lipinski definition) is 2. The van der Waals surface area contributed by atoms with Crippen molar-refractivity contribution in [2.24, 2.45) is 5.41 Å². The summed E-state index contributed by atoms with van der Waals surface area (Å²) in [6.07, 6.45) is 5.20. The van der Waals surface area contributed by atoms with Crippen LogP contribution in [0.5, 0.6) is 0 Å². The molecule has 0 heterocycles. The molecule has 0 aromatic heterocycles. The van der Waals surface area contributed by atoms with Crippen LogP contribution >= 0.6 is 0 Å². The van der Waals surface area contributed by atoms with E-state index in [4.69, 9.17) is 4.74 Å². The van der Waals surface area contributed by atoms with Crippen molar-refractivity contribution in [1.29, 1.82) is 0 Å². The molecule has 90 valence electrons. The van der Waals surface area contributed by atoms with Crippen LogP contribution in [0.15, 0.2) is 0 Å². The van der Waals surface area contributed by atoms with Gasteiger partial charge in [-0.1, -0.05) is 33.1 Å². The molecule has 0 aromatic carbocycles. The van der Waals surface area contributed by atoms with Gasteiger partial charge in [-0.3, -0.25) is 4.79 Å². The van der Waals surface area contributed by atoms with Crippen molar-refractivity contribution < 1.29 is 9.53 Å². The molecule has 0 rings (SSSR count). The van der Waals surface area contributed by atoms with Gasteiger partial charge in [-0.05, 0) is 33.6 Å². The number of unbranched alkanes of at least 4 members (excludes halogenated alkanes) is 1. The van der Waals surface area contributed by atoms with Crippen molar-refractivity contribution in [2.75, 3.05) is 0 Å². The smallest absolute Gasteiger partial charge is 0.311 e. The van der Waals surface area contributed by atoms with E-state index in [0.717, 1.165) is 32.1 Å². The van der Waals surface area contributed by atoms with Crippen LogP contribution in [0.25, 0.3) is 0 Å². The van der Waals surface area contributed by atoms with Gasteiger partial charge in [-0.25, -0.2) is 0 Å².